The molecular weight excluding hydrogens is 185 g/mol. The van der Waals surface area contributed by atoms with Gasteiger partial charge in [-0.05, 0) is 17.7 Å². The van der Waals surface area contributed by atoms with Gasteiger partial charge < -0.3 is 0 Å². The van der Waals surface area contributed by atoms with Gasteiger partial charge in [0.1, 0.15) is 5.82 Å². The minimum absolute atomic E-state index is 0.179. The number of halogens is 1. The summed E-state index contributed by atoms with van der Waals surface area (Å²) in [5.41, 5.74) is 2.78. The summed E-state index contributed by atoms with van der Waals surface area (Å²) in [4.78, 5) is 5.12. The average molecular weight is 193 g/mol. The molecule has 0 fully saturated rings. The Hall–Kier alpha value is -1.22. The van der Waals surface area contributed by atoms with Crippen LogP contribution in [0.15, 0.2) is 36.0 Å². The Balaban J connectivity index is 2.19. The Morgan fingerprint density at radius 2 is 2.31 bits per heavy atom. The minimum Gasteiger partial charge on any atom is -0.253 e. The average Bonchev–Trinajstić information content (AvgIpc) is 2.57. The first-order valence-electron chi connectivity index (χ1n) is 3.96. The summed E-state index contributed by atoms with van der Waals surface area (Å²) in [5, 5.41) is 0. The molecule has 0 spiro atoms. The highest BCUT2D eigenvalue weighted by molar-refractivity contribution is 7.09. The van der Waals surface area contributed by atoms with Gasteiger partial charge >= 0.3 is 0 Å². The highest BCUT2D eigenvalue weighted by atomic mass is 32.1. The van der Waals surface area contributed by atoms with E-state index in [9.17, 15) is 4.39 Å². The molecular formula is C10H8FNS. The van der Waals surface area contributed by atoms with Crippen molar-refractivity contribution in [3.05, 3.63) is 52.2 Å². The molecule has 1 aromatic heterocycles. The molecule has 0 saturated carbocycles. The van der Waals surface area contributed by atoms with Crippen molar-refractivity contribution in [2.24, 2.45) is 0 Å². The first-order valence-corrected chi connectivity index (χ1v) is 4.84. The van der Waals surface area contributed by atoms with E-state index in [-0.39, 0.29) is 5.82 Å². The molecule has 0 N–H and O–H groups in total. The van der Waals surface area contributed by atoms with Gasteiger partial charge in [-0.25, -0.2) is 4.39 Å². The van der Waals surface area contributed by atoms with Crippen LogP contribution >= 0.6 is 11.3 Å². The molecule has 0 aliphatic rings. The second kappa shape index (κ2) is 3.66. The zero-order valence-corrected chi connectivity index (χ0v) is 7.72. The standard InChI is InChI=1S/C10H8FNS/c11-9-3-1-2-8(4-9)5-10-6-12-7-13-10/h1-4,6-7H,5H2. The van der Waals surface area contributed by atoms with Gasteiger partial charge in [-0.1, -0.05) is 12.1 Å². The zero-order chi connectivity index (χ0) is 9.10. The maximum absolute atomic E-state index is 12.8. The van der Waals surface area contributed by atoms with Gasteiger partial charge in [0.25, 0.3) is 0 Å². The van der Waals surface area contributed by atoms with E-state index in [0.717, 1.165) is 16.9 Å². The maximum Gasteiger partial charge on any atom is 0.123 e. The van der Waals surface area contributed by atoms with Gasteiger partial charge in [0, 0.05) is 17.5 Å². The molecule has 66 valence electrons. The van der Waals surface area contributed by atoms with E-state index >= 15 is 0 Å². The van der Waals surface area contributed by atoms with Crippen molar-refractivity contribution in [1.82, 2.24) is 4.98 Å². The molecule has 0 saturated heterocycles. The molecule has 0 bridgehead atoms. The summed E-state index contributed by atoms with van der Waals surface area (Å²) in [7, 11) is 0. The van der Waals surface area contributed by atoms with Crippen LogP contribution in [0.3, 0.4) is 0 Å². The third-order valence-corrected chi connectivity index (χ3v) is 2.53. The van der Waals surface area contributed by atoms with Crippen LogP contribution in [-0.2, 0) is 6.42 Å². The van der Waals surface area contributed by atoms with Crippen LogP contribution in [0.4, 0.5) is 4.39 Å². The van der Waals surface area contributed by atoms with Crippen molar-refractivity contribution in [1.29, 1.82) is 0 Å². The largest absolute Gasteiger partial charge is 0.253 e. The van der Waals surface area contributed by atoms with E-state index in [4.69, 9.17) is 0 Å². The van der Waals surface area contributed by atoms with E-state index in [0.29, 0.717) is 0 Å². The van der Waals surface area contributed by atoms with Crippen LogP contribution in [0, 0.1) is 5.82 Å². The Bertz CT molecular complexity index is 384. The van der Waals surface area contributed by atoms with Crippen molar-refractivity contribution in [3.8, 4) is 0 Å². The highest BCUT2D eigenvalue weighted by Crippen LogP contribution is 2.13. The monoisotopic (exact) mass is 193 g/mol. The normalized spacial score (nSPS) is 10.2. The molecule has 13 heavy (non-hydrogen) atoms. The summed E-state index contributed by atoms with van der Waals surface area (Å²) in [6.07, 6.45) is 2.58. The van der Waals surface area contributed by atoms with Gasteiger partial charge in [-0.2, -0.15) is 0 Å². The first-order chi connectivity index (χ1) is 6.34. The molecule has 0 aliphatic heterocycles. The minimum atomic E-state index is -0.179. The predicted octanol–water partition coefficient (Wildman–Crippen LogP) is 2.87. The molecule has 0 unspecified atom stereocenters. The second-order valence-corrected chi connectivity index (χ2v) is 3.75. The van der Waals surface area contributed by atoms with Crippen molar-refractivity contribution < 1.29 is 4.39 Å². The lowest BCUT2D eigenvalue weighted by Gasteiger charge is -1.97. The number of nitrogens with zero attached hydrogens (tertiary/aromatic N) is 1. The molecule has 1 nitrogen and oxygen atoms in total. The highest BCUT2D eigenvalue weighted by Gasteiger charge is 1.98. The number of hydrogen-bond acceptors (Lipinski definition) is 2. The van der Waals surface area contributed by atoms with Crippen molar-refractivity contribution in [2.75, 3.05) is 0 Å². The van der Waals surface area contributed by atoms with Crippen LogP contribution in [0.2, 0.25) is 0 Å². The summed E-state index contributed by atoms with van der Waals surface area (Å²) in [6.45, 7) is 0. The van der Waals surface area contributed by atoms with Crippen LogP contribution in [-0.4, -0.2) is 4.98 Å². The molecule has 1 aromatic carbocycles. The van der Waals surface area contributed by atoms with E-state index in [1.165, 1.54) is 6.07 Å². The molecule has 3 heteroatoms. The third kappa shape index (κ3) is 2.12. The third-order valence-electron chi connectivity index (χ3n) is 1.75. The summed E-state index contributed by atoms with van der Waals surface area (Å²) in [5.74, 6) is -0.179. The predicted molar refractivity (Wildman–Crippen MR) is 51.3 cm³/mol. The summed E-state index contributed by atoms with van der Waals surface area (Å²) < 4.78 is 12.8. The number of rotatable bonds is 2. The van der Waals surface area contributed by atoms with Crippen molar-refractivity contribution >= 4 is 11.3 Å². The van der Waals surface area contributed by atoms with E-state index in [2.05, 4.69) is 4.98 Å². The topological polar surface area (TPSA) is 12.9 Å². The Morgan fingerprint density at radius 1 is 1.38 bits per heavy atom. The molecule has 2 aromatic rings. The summed E-state index contributed by atoms with van der Waals surface area (Å²) >= 11 is 1.59. The maximum atomic E-state index is 12.8. The Morgan fingerprint density at radius 3 is 3.00 bits per heavy atom. The van der Waals surface area contributed by atoms with E-state index in [1.807, 2.05) is 12.3 Å². The van der Waals surface area contributed by atoms with Gasteiger partial charge in [0.05, 0.1) is 5.51 Å². The van der Waals surface area contributed by atoms with Crippen LogP contribution < -0.4 is 0 Å². The molecule has 1 heterocycles. The molecule has 0 radical (unpaired) electrons. The Kier molecular flexibility index (Phi) is 2.36. The lowest BCUT2D eigenvalue weighted by atomic mass is 10.1. The van der Waals surface area contributed by atoms with E-state index < -0.39 is 0 Å². The van der Waals surface area contributed by atoms with Crippen LogP contribution in [0.5, 0.6) is 0 Å². The first kappa shape index (κ1) is 8.38. The SMILES string of the molecule is Fc1cccc(Cc2cncs2)c1. The Labute approximate surface area is 79.9 Å². The molecule has 0 amide bonds. The lowest BCUT2D eigenvalue weighted by molar-refractivity contribution is 0.626. The zero-order valence-electron chi connectivity index (χ0n) is 6.90. The number of hydrogen-bond donors (Lipinski definition) is 0. The fourth-order valence-electron chi connectivity index (χ4n) is 1.18. The van der Waals surface area contributed by atoms with Gasteiger partial charge in [-0.15, -0.1) is 11.3 Å². The summed E-state index contributed by atoms with van der Waals surface area (Å²) in [6, 6.07) is 6.66. The molecule has 2 rings (SSSR count). The van der Waals surface area contributed by atoms with Crippen LogP contribution in [0.1, 0.15) is 10.4 Å². The van der Waals surface area contributed by atoms with Crippen molar-refractivity contribution in [2.45, 2.75) is 6.42 Å². The molecule has 0 atom stereocenters. The molecule has 0 aliphatic carbocycles. The van der Waals surface area contributed by atoms with Gasteiger partial charge in [0.15, 0.2) is 0 Å². The quantitative estimate of drug-likeness (QED) is 0.714. The number of thiazole rings is 1. The fraction of sp³-hybridized carbons (Fsp3) is 0.100. The van der Waals surface area contributed by atoms with Gasteiger partial charge in [0.2, 0.25) is 0 Å². The lowest BCUT2D eigenvalue weighted by Crippen LogP contribution is -1.85. The number of benzene rings is 1. The second-order valence-electron chi connectivity index (χ2n) is 2.77. The number of aromatic nitrogens is 1. The smallest absolute Gasteiger partial charge is 0.123 e. The van der Waals surface area contributed by atoms with Crippen LogP contribution in [0.25, 0.3) is 0 Å². The fourth-order valence-corrected chi connectivity index (χ4v) is 1.81. The van der Waals surface area contributed by atoms with Gasteiger partial charge in [-0.3, -0.25) is 4.98 Å². The van der Waals surface area contributed by atoms with E-state index in [1.54, 1.807) is 29.0 Å². The van der Waals surface area contributed by atoms with Crippen molar-refractivity contribution in [3.63, 3.8) is 0 Å².